The summed E-state index contributed by atoms with van der Waals surface area (Å²) in [6.07, 6.45) is -3.69. The van der Waals surface area contributed by atoms with E-state index in [1.165, 1.54) is 6.07 Å². The molecule has 258 valence electrons. The Labute approximate surface area is 308 Å². The maximum atomic E-state index is 13.7. The topological polar surface area (TPSA) is 41.6 Å². The third kappa shape index (κ3) is 11.6. The van der Waals surface area contributed by atoms with Crippen molar-refractivity contribution in [2.75, 3.05) is 19.7 Å². The lowest BCUT2D eigenvalue weighted by Gasteiger charge is -2.29. The largest absolute Gasteiger partial charge is 0.494 e. The average molecular weight is 793 g/mol. The van der Waals surface area contributed by atoms with Gasteiger partial charge in [-0.15, -0.1) is 23.7 Å². The number of hydrogen-bond donors (Lipinski definition) is 1. The molecule has 1 aromatic heterocycles. The van der Waals surface area contributed by atoms with Gasteiger partial charge in [0.05, 0.1) is 33.9 Å². The Bertz CT molecular complexity index is 1730. The van der Waals surface area contributed by atoms with Crippen molar-refractivity contribution in [2.24, 2.45) is 0 Å². The second kappa shape index (κ2) is 18.6. The first-order valence-electron chi connectivity index (χ1n) is 15.5. The van der Waals surface area contributed by atoms with Gasteiger partial charge in [0.2, 0.25) is 5.91 Å². The highest BCUT2D eigenvalue weighted by atomic mass is 79.9. The second-order valence-corrected chi connectivity index (χ2v) is 14.3. The molecule has 11 heteroatoms. The van der Waals surface area contributed by atoms with E-state index in [0.717, 1.165) is 31.4 Å². The van der Waals surface area contributed by atoms with Gasteiger partial charge in [0, 0.05) is 30.4 Å². The van der Waals surface area contributed by atoms with E-state index >= 15 is 0 Å². The number of nitrogens with one attached hydrogen (secondary N) is 1. The van der Waals surface area contributed by atoms with Crippen molar-refractivity contribution >= 4 is 57.2 Å². The molecule has 4 aromatic carbocycles. The number of alkyl halides is 3. The lowest BCUT2D eigenvalue weighted by atomic mass is 9.90. The van der Waals surface area contributed by atoms with Crippen LogP contribution in [0.2, 0.25) is 5.02 Å². The standard InChI is InChI=1S/C38H35BrClF3N2O2S.ClH/c39-35-19-18-32(48-35)24-44-36(46)23-27-10-7-16-31(22-27)47-21-9-20-45(25-30-15-8-17-34(37(30)40)38(41,42)43)26-33(28-11-3-1-4-12-28)29-13-5-2-6-14-29;/h1-8,10-19,22,33H,9,20-21,23-26H2,(H,44,46);1H. The van der Waals surface area contributed by atoms with Crippen molar-refractivity contribution in [1.29, 1.82) is 0 Å². The number of ether oxygens (including phenoxy) is 1. The van der Waals surface area contributed by atoms with Gasteiger partial charge in [0.1, 0.15) is 5.75 Å². The van der Waals surface area contributed by atoms with Crippen molar-refractivity contribution < 1.29 is 22.7 Å². The van der Waals surface area contributed by atoms with Gasteiger partial charge in [-0.05, 0) is 74.9 Å². The highest BCUT2D eigenvalue weighted by Gasteiger charge is 2.34. The Hall–Kier alpha value is -3.34. The molecule has 0 aliphatic rings. The van der Waals surface area contributed by atoms with Crippen molar-refractivity contribution in [1.82, 2.24) is 10.2 Å². The van der Waals surface area contributed by atoms with Gasteiger partial charge in [-0.3, -0.25) is 9.69 Å². The highest BCUT2D eigenvalue weighted by molar-refractivity contribution is 9.11. The van der Waals surface area contributed by atoms with E-state index < -0.39 is 11.7 Å². The van der Waals surface area contributed by atoms with Crippen molar-refractivity contribution in [3.63, 3.8) is 0 Å². The molecule has 0 bridgehead atoms. The molecule has 0 saturated carbocycles. The van der Waals surface area contributed by atoms with Crippen LogP contribution in [-0.2, 0) is 30.5 Å². The fourth-order valence-corrected chi connectivity index (χ4v) is 7.25. The van der Waals surface area contributed by atoms with Crippen molar-refractivity contribution in [2.45, 2.75) is 38.0 Å². The smallest absolute Gasteiger partial charge is 0.417 e. The zero-order valence-corrected chi connectivity index (χ0v) is 30.4. The molecule has 0 aliphatic carbocycles. The predicted octanol–water partition coefficient (Wildman–Crippen LogP) is 10.6. The quantitative estimate of drug-likeness (QED) is 0.107. The molecular weight excluding hydrogens is 756 g/mol. The highest BCUT2D eigenvalue weighted by Crippen LogP contribution is 2.37. The Morgan fingerprint density at radius 2 is 1.57 bits per heavy atom. The molecule has 49 heavy (non-hydrogen) atoms. The summed E-state index contributed by atoms with van der Waals surface area (Å²) in [7, 11) is 0. The number of halogens is 6. The molecular formula is C38H36BrCl2F3N2O2S. The maximum absolute atomic E-state index is 13.7. The van der Waals surface area contributed by atoms with E-state index in [1.54, 1.807) is 17.4 Å². The van der Waals surface area contributed by atoms with Gasteiger partial charge in [-0.25, -0.2) is 0 Å². The van der Waals surface area contributed by atoms with Gasteiger partial charge in [-0.2, -0.15) is 13.2 Å². The minimum atomic E-state index is -4.54. The molecule has 0 radical (unpaired) electrons. The summed E-state index contributed by atoms with van der Waals surface area (Å²) in [6.45, 7) is 2.23. The molecule has 0 atom stereocenters. The summed E-state index contributed by atoms with van der Waals surface area (Å²) in [5, 5.41) is 2.68. The number of hydrogen-bond acceptors (Lipinski definition) is 4. The molecule has 1 amide bonds. The van der Waals surface area contributed by atoms with Gasteiger partial charge in [0.15, 0.2) is 0 Å². The van der Waals surface area contributed by atoms with Crippen LogP contribution in [0.15, 0.2) is 119 Å². The number of rotatable bonds is 15. The van der Waals surface area contributed by atoms with Crippen LogP contribution in [0.1, 0.15) is 45.0 Å². The number of amides is 1. The van der Waals surface area contributed by atoms with Crippen LogP contribution in [0.4, 0.5) is 13.2 Å². The number of benzene rings is 4. The molecule has 1 heterocycles. The van der Waals surface area contributed by atoms with Crippen LogP contribution in [0.5, 0.6) is 5.75 Å². The van der Waals surface area contributed by atoms with Gasteiger partial charge in [-0.1, -0.05) is 96.5 Å². The van der Waals surface area contributed by atoms with E-state index in [4.69, 9.17) is 16.3 Å². The lowest BCUT2D eigenvalue weighted by Crippen LogP contribution is -2.31. The van der Waals surface area contributed by atoms with Crippen LogP contribution < -0.4 is 10.1 Å². The van der Waals surface area contributed by atoms with Crippen LogP contribution in [-0.4, -0.2) is 30.5 Å². The fourth-order valence-electron chi connectivity index (χ4n) is 5.53. The lowest BCUT2D eigenvalue weighted by molar-refractivity contribution is -0.137. The molecule has 5 rings (SSSR count). The normalized spacial score (nSPS) is 11.4. The first-order valence-corrected chi connectivity index (χ1v) is 17.5. The first kappa shape index (κ1) is 38.5. The van der Waals surface area contributed by atoms with Crippen LogP contribution in [0, 0.1) is 0 Å². The SMILES string of the molecule is Cl.O=C(Cc1cccc(OCCCN(Cc2cccc(C(F)(F)F)c2Cl)CC(c2ccccc2)c2ccccc2)c1)NCc1ccc(Br)s1. The molecule has 0 fully saturated rings. The number of nitrogens with zero attached hydrogens (tertiary/aromatic N) is 1. The first-order chi connectivity index (χ1) is 23.2. The van der Waals surface area contributed by atoms with Crippen LogP contribution in [0.3, 0.4) is 0 Å². The van der Waals surface area contributed by atoms with Crippen molar-refractivity contribution in [3.8, 4) is 5.75 Å². The zero-order valence-electron chi connectivity index (χ0n) is 26.5. The van der Waals surface area contributed by atoms with E-state index in [1.807, 2.05) is 72.8 Å². The summed E-state index contributed by atoms with van der Waals surface area (Å²) in [5.74, 6) is 0.565. The number of thiophene rings is 1. The summed E-state index contributed by atoms with van der Waals surface area (Å²) in [5.41, 5.74) is 2.66. The van der Waals surface area contributed by atoms with E-state index in [2.05, 4.69) is 50.4 Å². The summed E-state index contributed by atoms with van der Waals surface area (Å²) < 4.78 is 48.2. The minimum absolute atomic E-state index is 0. The molecule has 4 nitrogen and oxygen atoms in total. The van der Waals surface area contributed by atoms with Gasteiger partial charge in [0.25, 0.3) is 0 Å². The Balaban J connectivity index is 0.00000541. The molecule has 0 aliphatic heterocycles. The fraction of sp³-hybridized carbons (Fsp3) is 0.237. The van der Waals surface area contributed by atoms with Crippen LogP contribution >= 0.6 is 51.3 Å². The third-order valence-corrected chi connectivity index (χ3v) is 9.93. The summed E-state index contributed by atoms with van der Waals surface area (Å²) >= 11 is 11.4. The molecule has 1 N–H and O–H groups in total. The average Bonchev–Trinajstić information content (AvgIpc) is 3.50. The number of carbonyl (C=O) groups is 1. The summed E-state index contributed by atoms with van der Waals surface area (Å²) in [6, 6.07) is 35.7. The molecule has 0 unspecified atom stereocenters. The predicted molar refractivity (Wildman–Crippen MR) is 198 cm³/mol. The van der Waals surface area contributed by atoms with Gasteiger partial charge < -0.3 is 10.1 Å². The van der Waals surface area contributed by atoms with E-state index in [-0.39, 0.29) is 42.2 Å². The monoisotopic (exact) mass is 790 g/mol. The molecule has 5 aromatic rings. The molecule has 0 saturated heterocycles. The van der Waals surface area contributed by atoms with E-state index in [9.17, 15) is 18.0 Å². The zero-order chi connectivity index (χ0) is 33.9. The maximum Gasteiger partial charge on any atom is 0.417 e. The van der Waals surface area contributed by atoms with Crippen molar-refractivity contribution in [3.05, 3.63) is 157 Å². The Kier molecular flexibility index (Phi) is 14.6. The number of carbonyl (C=O) groups excluding carboxylic acids is 1. The summed E-state index contributed by atoms with van der Waals surface area (Å²) in [4.78, 5) is 15.8. The Morgan fingerprint density at radius 1 is 0.898 bits per heavy atom. The van der Waals surface area contributed by atoms with Gasteiger partial charge >= 0.3 is 6.18 Å². The Morgan fingerprint density at radius 3 is 2.20 bits per heavy atom. The minimum Gasteiger partial charge on any atom is -0.494 e. The third-order valence-electron chi connectivity index (χ3n) is 7.86. The van der Waals surface area contributed by atoms with E-state index in [0.29, 0.717) is 44.0 Å². The second-order valence-electron chi connectivity index (χ2n) is 11.4. The van der Waals surface area contributed by atoms with Crippen LogP contribution in [0.25, 0.3) is 0 Å². The molecule has 0 spiro atoms.